The molecule has 1 spiro atoms. The fourth-order valence-electron chi connectivity index (χ4n) is 3.20. The van der Waals surface area contributed by atoms with Crippen molar-refractivity contribution < 1.29 is 18.3 Å². The van der Waals surface area contributed by atoms with E-state index in [1.165, 1.54) is 12.1 Å². The second-order valence-electron chi connectivity index (χ2n) is 6.04. The quantitative estimate of drug-likeness (QED) is 0.871. The number of oxazole rings is 1. The first-order chi connectivity index (χ1) is 11.2. The van der Waals surface area contributed by atoms with Crippen LogP contribution in [0.3, 0.4) is 0 Å². The Morgan fingerprint density at radius 2 is 1.96 bits per heavy atom. The van der Waals surface area contributed by atoms with Gasteiger partial charge >= 0.3 is 0 Å². The Bertz CT molecular complexity index is 672. The average molecular weight is 318 g/mol. The van der Waals surface area contributed by atoms with E-state index in [4.69, 9.17) is 13.9 Å². The Morgan fingerprint density at radius 3 is 2.70 bits per heavy atom. The lowest BCUT2D eigenvalue weighted by molar-refractivity contribution is -0.185. The highest BCUT2D eigenvalue weighted by Gasteiger charge is 2.39. The second kappa shape index (κ2) is 6.03. The third-order valence-corrected chi connectivity index (χ3v) is 4.44. The molecule has 0 amide bonds. The molecule has 4 rings (SSSR count). The van der Waals surface area contributed by atoms with Crippen molar-refractivity contribution in [3.05, 3.63) is 42.0 Å². The summed E-state index contributed by atoms with van der Waals surface area (Å²) in [5.41, 5.74) is 1.51. The Labute approximate surface area is 134 Å². The van der Waals surface area contributed by atoms with Gasteiger partial charge in [0.2, 0.25) is 5.89 Å². The van der Waals surface area contributed by atoms with Gasteiger partial charge in [0.05, 0.1) is 18.9 Å². The summed E-state index contributed by atoms with van der Waals surface area (Å²) in [5.74, 6) is -0.192. The van der Waals surface area contributed by atoms with Crippen molar-refractivity contribution >= 4 is 0 Å². The molecule has 0 aliphatic carbocycles. The van der Waals surface area contributed by atoms with E-state index in [0.717, 1.165) is 38.2 Å². The van der Waals surface area contributed by atoms with E-state index in [1.807, 2.05) is 0 Å². The van der Waals surface area contributed by atoms with Gasteiger partial charge in [-0.05, 0) is 18.2 Å². The highest BCUT2D eigenvalue weighted by Crippen LogP contribution is 2.31. The van der Waals surface area contributed by atoms with Gasteiger partial charge in [0.25, 0.3) is 0 Å². The van der Waals surface area contributed by atoms with E-state index in [2.05, 4.69) is 9.88 Å². The first kappa shape index (κ1) is 14.8. The van der Waals surface area contributed by atoms with Gasteiger partial charge in [-0.25, -0.2) is 9.37 Å². The van der Waals surface area contributed by atoms with Crippen molar-refractivity contribution in [3.8, 4) is 11.5 Å². The van der Waals surface area contributed by atoms with Crippen molar-refractivity contribution in [1.82, 2.24) is 9.88 Å². The number of likely N-dealkylation sites (tertiary alicyclic amines) is 1. The minimum atomic E-state index is -0.354. The molecule has 23 heavy (non-hydrogen) atoms. The molecule has 0 radical (unpaired) electrons. The van der Waals surface area contributed by atoms with E-state index < -0.39 is 0 Å². The summed E-state index contributed by atoms with van der Waals surface area (Å²) in [6, 6.07) is 6.28. The van der Waals surface area contributed by atoms with Gasteiger partial charge in [0, 0.05) is 38.0 Å². The molecule has 2 fully saturated rings. The van der Waals surface area contributed by atoms with Gasteiger partial charge in [0.1, 0.15) is 12.1 Å². The summed E-state index contributed by atoms with van der Waals surface area (Å²) < 4.78 is 30.2. The second-order valence-corrected chi connectivity index (χ2v) is 6.04. The predicted molar refractivity (Wildman–Crippen MR) is 81.0 cm³/mol. The normalized spacial score (nSPS) is 21.1. The van der Waals surface area contributed by atoms with Crippen LogP contribution < -0.4 is 0 Å². The van der Waals surface area contributed by atoms with Crippen LogP contribution in [0.15, 0.2) is 34.9 Å². The Balaban J connectivity index is 1.39. The third kappa shape index (κ3) is 3.15. The zero-order chi connectivity index (χ0) is 15.7. The average Bonchev–Trinajstić information content (AvgIpc) is 3.20. The van der Waals surface area contributed by atoms with Gasteiger partial charge in [-0.2, -0.15) is 0 Å². The number of ether oxygens (including phenoxy) is 2. The topological polar surface area (TPSA) is 47.7 Å². The van der Waals surface area contributed by atoms with Crippen LogP contribution in [0.25, 0.3) is 11.5 Å². The molecule has 5 nitrogen and oxygen atoms in total. The molecule has 122 valence electrons. The lowest BCUT2D eigenvalue weighted by Crippen LogP contribution is -2.44. The van der Waals surface area contributed by atoms with Crippen LogP contribution in [0.2, 0.25) is 0 Å². The fraction of sp³-hybridized carbons (Fsp3) is 0.471. The van der Waals surface area contributed by atoms with Gasteiger partial charge in [-0.3, -0.25) is 4.90 Å². The molecule has 2 aliphatic rings. The largest absolute Gasteiger partial charge is 0.444 e. The van der Waals surface area contributed by atoms with Gasteiger partial charge in [-0.15, -0.1) is 0 Å². The van der Waals surface area contributed by atoms with Gasteiger partial charge in [0.15, 0.2) is 5.79 Å². The maximum atomic E-state index is 13.3. The molecule has 0 N–H and O–H groups in total. The zero-order valence-corrected chi connectivity index (χ0v) is 12.8. The lowest BCUT2D eigenvalue weighted by atomic mass is 10.0. The number of aromatic nitrogens is 1. The first-order valence-electron chi connectivity index (χ1n) is 7.93. The molecule has 0 bridgehead atoms. The molecule has 2 aromatic rings. The summed E-state index contributed by atoms with van der Waals surface area (Å²) in [6.45, 7) is 3.92. The number of piperidine rings is 1. The van der Waals surface area contributed by atoms with Crippen LogP contribution in [-0.4, -0.2) is 42.0 Å². The standard InChI is InChI=1S/C17H19FN2O3/c18-14-3-1-2-13(10-14)16-19-15(12-21-16)11-20-6-4-17(5-7-20)22-8-9-23-17/h1-3,10,12H,4-9,11H2. The number of hydrogen-bond acceptors (Lipinski definition) is 5. The van der Waals surface area contributed by atoms with E-state index >= 15 is 0 Å². The number of hydrogen-bond donors (Lipinski definition) is 0. The van der Waals surface area contributed by atoms with Crippen molar-refractivity contribution in [2.24, 2.45) is 0 Å². The lowest BCUT2D eigenvalue weighted by Gasteiger charge is -2.37. The van der Waals surface area contributed by atoms with Crippen molar-refractivity contribution in [3.63, 3.8) is 0 Å². The highest BCUT2D eigenvalue weighted by atomic mass is 19.1. The summed E-state index contributed by atoms with van der Waals surface area (Å²) >= 11 is 0. The molecule has 6 heteroatoms. The van der Waals surface area contributed by atoms with Gasteiger partial charge in [-0.1, -0.05) is 6.07 Å². The minimum absolute atomic E-state index is 0.292. The maximum absolute atomic E-state index is 13.3. The Morgan fingerprint density at radius 1 is 1.17 bits per heavy atom. The number of halogens is 1. The monoisotopic (exact) mass is 318 g/mol. The molecular weight excluding hydrogens is 299 g/mol. The molecule has 3 heterocycles. The van der Waals surface area contributed by atoms with E-state index in [-0.39, 0.29) is 11.6 Å². The van der Waals surface area contributed by atoms with E-state index in [9.17, 15) is 4.39 Å². The van der Waals surface area contributed by atoms with Crippen molar-refractivity contribution in [2.45, 2.75) is 25.2 Å². The Kier molecular flexibility index (Phi) is 3.88. The third-order valence-electron chi connectivity index (χ3n) is 4.44. The number of nitrogens with zero attached hydrogens (tertiary/aromatic N) is 2. The minimum Gasteiger partial charge on any atom is -0.444 e. The molecule has 1 aromatic heterocycles. The summed E-state index contributed by atoms with van der Waals surface area (Å²) in [5, 5.41) is 0. The molecule has 2 saturated heterocycles. The first-order valence-corrected chi connectivity index (χ1v) is 7.93. The van der Waals surface area contributed by atoms with Crippen LogP contribution in [0.1, 0.15) is 18.5 Å². The molecule has 1 aromatic carbocycles. The summed E-state index contributed by atoms with van der Waals surface area (Å²) in [6.07, 6.45) is 3.40. The van der Waals surface area contributed by atoms with Crippen molar-refractivity contribution in [2.75, 3.05) is 26.3 Å². The maximum Gasteiger partial charge on any atom is 0.226 e. The van der Waals surface area contributed by atoms with E-state index in [0.29, 0.717) is 24.7 Å². The molecule has 0 unspecified atom stereocenters. The van der Waals surface area contributed by atoms with Crippen LogP contribution in [0.4, 0.5) is 4.39 Å². The molecule has 0 atom stereocenters. The van der Waals surface area contributed by atoms with Crippen molar-refractivity contribution in [1.29, 1.82) is 0 Å². The summed E-state index contributed by atoms with van der Waals surface area (Å²) in [7, 11) is 0. The highest BCUT2D eigenvalue weighted by molar-refractivity contribution is 5.52. The van der Waals surface area contributed by atoms with Crippen LogP contribution in [-0.2, 0) is 16.0 Å². The van der Waals surface area contributed by atoms with E-state index in [1.54, 1.807) is 18.4 Å². The van der Waals surface area contributed by atoms with Crippen LogP contribution >= 0.6 is 0 Å². The number of benzene rings is 1. The van der Waals surface area contributed by atoms with Crippen LogP contribution in [0.5, 0.6) is 0 Å². The molecule has 2 aliphatic heterocycles. The molecular formula is C17H19FN2O3. The number of rotatable bonds is 3. The summed E-state index contributed by atoms with van der Waals surface area (Å²) in [4.78, 5) is 6.78. The molecule has 0 saturated carbocycles. The van der Waals surface area contributed by atoms with Crippen LogP contribution in [0, 0.1) is 5.82 Å². The Hall–Kier alpha value is -1.76. The fourth-order valence-corrected chi connectivity index (χ4v) is 3.20. The zero-order valence-electron chi connectivity index (χ0n) is 12.8. The predicted octanol–water partition coefficient (Wildman–Crippen LogP) is 2.82. The smallest absolute Gasteiger partial charge is 0.226 e. The SMILES string of the molecule is Fc1cccc(-c2nc(CN3CCC4(CC3)OCCO4)co2)c1. The van der Waals surface area contributed by atoms with Gasteiger partial charge < -0.3 is 13.9 Å².